The normalized spacial score (nSPS) is 12.2. The maximum atomic E-state index is 13.3. The number of nitrogens with one attached hydrogen (secondary N) is 2. The number of halogens is 4. The summed E-state index contributed by atoms with van der Waals surface area (Å²) < 4.78 is 57.2. The van der Waals surface area contributed by atoms with Crippen LogP contribution in [-0.4, -0.2) is 45.2 Å². The summed E-state index contributed by atoms with van der Waals surface area (Å²) >= 11 is 0. The Balaban J connectivity index is 1.70. The lowest BCUT2D eigenvalue weighted by atomic mass is 10.00. The molecule has 0 bridgehead atoms. The summed E-state index contributed by atoms with van der Waals surface area (Å²) in [4.78, 5) is 17.5. The van der Waals surface area contributed by atoms with Crippen molar-refractivity contribution in [1.82, 2.24) is 20.5 Å². The highest BCUT2D eigenvalue weighted by atomic mass is 19.4. The predicted octanol–water partition coefficient (Wildman–Crippen LogP) is 4.90. The molecule has 11 heteroatoms. The number of rotatable bonds is 9. The Morgan fingerprint density at radius 3 is 2.54 bits per heavy atom. The number of amides is 1. The summed E-state index contributed by atoms with van der Waals surface area (Å²) in [5.74, 6) is -1.72. The fourth-order valence-corrected chi connectivity index (χ4v) is 3.84. The quantitative estimate of drug-likeness (QED) is 0.276. The van der Waals surface area contributed by atoms with Crippen LogP contribution in [0.25, 0.3) is 22.5 Å². The topological polar surface area (TPSA) is 100 Å². The number of nitrogens with zero attached hydrogens (tertiary/aromatic N) is 2. The molecule has 0 fully saturated rings. The molecule has 4 rings (SSSR count). The SMILES string of the molecule is O=C(N[C@@H](CCO)Cc1ccccn1)c1cccc(OC(F)(F)F)c1-c1cc(-c2ccc(F)cc2)n[nH]1. The number of pyridine rings is 1. The van der Waals surface area contributed by atoms with E-state index >= 15 is 0 Å². The highest BCUT2D eigenvalue weighted by Crippen LogP contribution is 2.37. The van der Waals surface area contributed by atoms with Crippen LogP contribution in [0.2, 0.25) is 0 Å². The monoisotopic (exact) mass is 514 g/mol. The van der Waals surface area contributed by atoms with Gasteiger partial charge in [-0.2, -0.15) is 5.10 Å². The van der Waals surface area contributed by atoms with Crippen LogP contribution >= 0.6 is 0 Å². The lowest BCUT2D eigenvalue weighted by molar-refractivity contribution is -0.274. The molecule has 4 aromatic rings. The maximum Gasteiger partial charge on any atom is 0.573 e. The van der Waals surface area contributed by atoms with Crippen LogP contribution in [0.4, 0.5) is 17.6 Å². The van der Waals surface area contributed by atoms with Crippen molar-refractivity contribution in [3.8, 4) is 28.3 Å². The van der Waals surface area contributed by atoms with Crippen molar-refractivity contribution in [2.75, 3.05) is 6.61 Å². The van der Waals surface area contributed by atoms with Gasteiger partial charge in [-0.05, 0) is 61.0 Å². The van der Waals surface area contributed by atoms with Gasteiger partial charge in [0.2, 0.25) is 0 Å². The number of H-pyrrole nitrogens is 1. The summed E-state index contributed by atoms with van der Waals surface area (Å²) in [5.41, 5.74) is 1.36. The van der Waals surface area contributed by atoms with Gasteiger partial charge in [0.15, 0.2) is 0 Å². The highest BCUT2D eigenvalue weighted by molar-refractivity contribution is 6.02. The Morgan fingerprint density at radius 1 is 1.08 bits per heavy atom. The van der Waals surface area contributed by atoms with Crippen molar-refractivity contribution >= 4 is 5.91 Å². The van der Waals surface area contributed by atoms with Gasteiger partial charge in [0.1, 0.15) is 11.6 Å². The van der Waals surface area contributed by atoms with Crippen LogP contribution in [0.15, 0.2) is 72.9 Å². The molecule has 0 saturated carbocycles. The number of aromatic amines is 1. The van der Waals surface area contributed by atoms with E-state index in [1.165, 1.54) is 42.5 Å². The van der Waals surface area contributed by atoms with Gasteiger partial charge >= 0.3 is 6.36 Å². The highest BCUT2D eigenvalue weighted by Gasteiger charge is 2.34. The molecule has 0 radical (unpaired) electrons. The first-order chi connectivity index (χ1) is 17.7. The van der Waals surface area contributed by atoms with E-state index in [9.17, 15) is 27.5 Å². The van der Waals surface area contributed by atoms with Crippen LogP contribution in [-0.2, 0) is 6.42 Å². The van der Waals surface area contributed by atoms with Gasteiger partial charge in [-0.1, -0.05) is 12.1 Å². The molecule has 7 nitrogen and oxygen atoms in total. The fraction of sp³-hybridized carbons (Fsp3) is 0.192. The van der Waals surface area contributed by atoms with Crippen LogP contribution in [0.3, 0.4) is 0 Å². The standard InChI is InChI=1S/C26H22F4N4O3/c27-17-9-7-16(8-10-17)21-15-22(34-33-21)24-20(5-3-6-23(24)37-26(28,29)30)25(36)32-19(11-13-35)14-18-4-1-2-12-31-18/h1-10,12,15,19,35H,11,13-14H2,(H,32,36)(H,33,34)/t19-/m0/s1. The van der Waals surface area contributed by atoms with E-state index in [1.54, 1.807) is 24.4 Å². The molecule has 2 aromatic heterocycles. The smallest absolute Gasteiger partial charge is 0.405 e. The molecule has 0 aliphatic rings. The Hall–Kier alpha value is -4.25. The van der Waals surface area contributed by atoms with Gasteiger partial charge in [0, 0.05) is 36.5 Å². The third kappa shape index (κ3) is 6.70. The molecule has 1 amide bonds. The summed E-state index contributed by atoms with van der Waals surface area (Å²) in [6.45, 7) is -0.219. The van der Waals surface area contributed by atoms with Crippen molar-refractivity contribution in [3.05, 3.63) is 90.0 Å². The molecule has 0 aliphatic heterocycles. The number of hydrogen-bond donors (Lipinski definition) is 3. The number of aliphatic hydroxyl groups is 1. The van der Waals surface area contributed by atoms with Crippen LogP contribution in [0.1, 0.15) is 22.5 Å². The molecule has 0 unspecified atom stereocenters. The molecule has 37 heavy (non-hydrogen) atoms. The number of alkyl halides is 3. The van der Waals surface area contributed by atoms with E-state index in [1.807, 2.05) is 0 Å². The summed E-state index contributed by atoms with van der Waals surface area (Å²) in [6, 6.07) is 15.3. The Kier molecular flexibility index (Phi) is 7.83. The van der Waals surface area contributed by atoms with E-state index in [2.05, 4.69) is 25.2 Å². The molecule has 1 atom stereocenters. The first kappa shape index (κ1) is 25.8. The largest absolute Gasteiger partial charge is 0.573 e. The average molecular weight is 514 g/mol. The number of carbonyl (C=O) groups is 1. The van der Waals surface area contributed by atoms with Crippen LogP contribution in [0, 0.1) is 5.82 Å². The Labute approximate surface area is 209 Å². The molecule has 0 aliphatic carbocycles. The maximum absolute atomic E-state index is 13.3. The lowest BCUT2D eigenvalue weighted by Crippen LogP contribution is -2.37. The lowest BCUT2D eigenvalue weighted by Gasteiger charge is -2.20. The van der Waals surface area contributed by atoms with E-state index in [0.717, 1.165) is 6.07 Å². The summed E-state index contributed by atoms with van der Waals surface area (Å²) in [7, 11) is 0. The second-order valence-corrected chi connectivity index (χ2v) is 8.11. The first-order valence-corrected chi connectivity index (χ1v) is 11.3. The zero-order valence-corrected chi connectivity index (χ0v) is 19.3. The minimum absolute atomic E-state index is 0.0905. The average Bonchev–Trinajstić information content (AvgIpc) is 3.34. The Bertz CT molecular complexity index is 1340. The third-order valence-corrected chi connectivity index (χ3v) is 5.48. The second kappa shape index (κ2) is 11.2. The Morgan fingerprint density at radius 2 is 1.86 bits per heavy atom. The summed E-state index contributed by atoms with van der Waals surface area (Å²) in [5, 5.41) is 19.0. The van der Waals surface area contributed by atoms with Crippen molar-refractivity contribution in [3.63, 3.8) is 0 Å². The van der Waals surface area contributed by atoms with Crippen molar-refractivity contribution < 1.29 is 32.2 Å². The number of carbonyl (C=O) groups excluding carboxylic acids is 1. The third-order valence-electron chi connectivity index (χ3n) is 5.48. The number of aromatic nitrogens is 3. The second-order valence-electron chi connectivity index (χ2n) is 8.11. The number of benzene rings is 2. The zero-order chi connectivity index (χ0) is 26.4. The van der Waals surface area contributed by atoms with E-state index < -0.39 is 29.9 Å². The number of hydrogen-bond acceptors (Lipinski definition) is 5. The predicted molar refractivity (Wildman–Crippen MR) is 127 cm³/mol. The van der Waals surface area contributed by atoms with E-state index in [-0.39, 0.29) is 29.8 Å². The van der Waals surface area contributed by atoms with E-state index in [0.29, 0.717) is 23.4 Å². The molecule has 0 spiro atoms. The fourth-order valence-electron chi connectivity index (χ4n) is 3.84. The number of aliphatic hydroxyl groups excluding tert-OH is 1. The number of ether oxygens (including phenoxy) is 1. The van der Waals surface area contributed by atoms with Crippen LogP contribution in [0.5, 0.6) is 5.75 Å². The van der Waals surface area contributed by atoms with Gasteiger partial charge in [0.05, 0.1) is 22.5 Å². The zero-order valence-electron chi connectivity index (χ0n) is 19.3. The van der Waals surface area contributed by atoms with Crippen LogP contribution < -0.4 is 10.1 Å². The molecule has 2 aromatic carbocycles. The molecule has 192 valence electrons. The van der Waals surface area contributed by atoms with E-state index in [4.69, 9.17) is 0 Å². The van der Waals surface area contributed by atoms with Gasteiger partial charge in [-0.3, -0.25) is 14.9 Å². The molecular formula is C26H22F4N4O3. The molecule has 2 heterocycles. The molecular weight excluding hydrogens is 492 g/mol. The van der Waals surface area contributed by atoms with Crippen molar-refractivity contribution in [2.24, 2.45) is 0 Å². The van der Waals surface area contributed by atoms with Crippen molar-refractivity contribution in [2.45, 2.75) is 25.2 Å². The van der Waals surface area contributed by atoms with Crippen molar-refractivity contribution in [1.29, 1.82) is 0 Å². The van der Waals surface area contributed by atoms with Gasteiger partial charge in [0.25, 0.3) is 5.91 Å². The van der Waals surface area contributed by atoms with Gasteiger partial charge in [-0.15, -0.1) is 13.2 Å². The minimum Gasteiger partial charge on any atom is -0.405 e. The molecule has 3 N–H and O–H groups in total. The summed E-state index contributed by atoms with van der Waals surface area (Å²) in [6.07, 6.45) is -2.91. The first-order valence-electron chi connectivity index (χ1n) is 11.3. The minimum atomic E-state index is -5.01. The van der Waals surface area contributed by atoms with Gasteiger partial charge in [-0.25, -0.2) is 4.39 Å². The molecule has 0 saturated heterocycles. The van der Waals surface area contributed by atoms with Gasteiger partial charge < -0.3 is 15.2 Å².